The van der Waals surface area contributed by atoms with Crippen LogP contribution in [0.3, 0.4) is 0 Å². The molecule has 0 aliphatic carbocycles. The van der Waals surface area contributed by atoms with Gasteiger partial charge in [-0.1, -0.05) is 0 Å². The maximum atomic E-state index is 5.80. The lowest BCUT2D eigenvalue weighted by Crippen LogP contribution is -2.06. The summed E-state index contributed by atoms with van der Waals surface area (Å²) in [5.41, 5.74) is 6.75. The topological polar surface area (TPSA) is 53.7 Å². The summed E-state index contributed by atoms with van der Waals surface area (Å²) < 4.78 is 15.6. The molecule has 1 aromatic rings. The van der Waals surface area contributed by atoms with Crippen LogP contribution < -0.4 is 19.9 Å². The third kappa shape index (κ3) is 2.93. The Kier molecular flexibility index (Phi) is 6.00. The molecule has 1 atom stereocenters. The van der Waals surface area contributed by atoms with Gasteiger partial charge in [0, 0.05) is 6.04 Å². The highest BCUT2D eigenvalue weighted by Gasteiger charge is 2.14. The van der Waals surface area contributed by atoms with Gasteiger partial charge in [-0.2, -0.15) is 0 Å². The van der Waals surface area contributed by atoms with Gasteiger partial charge in [-0.25, -0.2) is 0 Å². The second kappa shape index (κ2) is 6.45. The van der Waals surface area contributed by atoms with E-state index < -0.39 is 0 Å². The minimum absolute atomic E-state index is 0. The van der Waals surface area contributed by atoms with Crippen molar-refractivity contribution in [1.29, 1.82) is 0 Å². The van der Waals surface area contributed by atoms with Crippen molar-refractivity contribution in [3.8, 4) is 17.2 Å². The predicted molar refractivity (Wildman–Crippen MR) is 65.9 cm³/mol. The molecular weight excluding hydrogens is 230 g/mol. The summed E-state index contributed by atoms with van der Waals surface area (Å²) in [7, 11) is 4.75. The van der Waals surface area contributed by atoms with Crippen molar-refractivity contribution in [2.45, 2.75) is 13.0 Å². The van der Waals surface area contributed by atoms with Gasteiger partial charge >= 0.3 is 0 Å². The lowest BCUT2D eigenvalue weighted by molar-refractivity contribution is 0.323. The van der Waals surface area contributed by atoms with Gasteiger partial charge < -0.3 is 19.9 Å². The van der Waals surface area contributed by atoms with Crippen molar-refractivity contribution in [3.63, 3.8) is 0 Å². The van der Waals surface area contributed by atoms with Gasteiger partial charge in [0.05, 0.1) is 21.3 Å². The SMILES string of the molecule is COc1cc([C@H](C)N)cc(OC)c1OC.Cl. The predicted octanol–water partition coefficient (Wildman–Crippen LogP) is 2.15. The molecule has 5 heteroatoms. The summed E-state index contributed by atoms with van der Waals surface area (Å²) in [4.78, 5) is 0. The molecule has 0 spiro atoms. The maximum Gasteiger partial charge on any atom is 0.203 e. The van der Waals surface area contributed by atoms with Gasteiger partial charge in [-0.05, 0) is 24.6 Å². The number of rotatable bonds is 4. The molecule has 0 unspecified atom stereocenters. The van der Waals surface area contributed by atoms with Gasteiger partial charge in [0.1, 0.15) is 0 Å². The summed E-state index contributed by atoms with van der Waals surface area (Å²) in [6, 6.07) is 3.64. The first-order valence-corrected chi connectivity index (χ1v) is 4.69. The Morgan fingerprint density at radius 2 is 1.44 bits per heavy atom. The van der Waals surface area contributed by atoms with E-state index in [0.29, 0.717) is 17.2 Å². The highest BCUT2D eigenvalue weighted by molar-refractivity contribution is 5.85. The lowest BCUT2D eigenvalue weighted by Gasteiger charge is -2.15. The van der Waals surface area contributed by atoms with E-state index in [1.54, 1.807) is 21.3 Å². The van der Waals surface area contributed by atoms with E-state index in [0.717, 1.165) is 5.56 Å². The van der Waals surface area contributed by atoms with Crippen molar-refractivity contribution >= 4 is 12.4 Å². The molecule has 0 fully saturated rings. The van der Waals surface area contributed by atoms with Crippen LogP contribution in [0, 0.1) is 0 Å². The molecule has 0 aliphatic heterocycles. The van der Waals surface area contributed by atoms with Crippen molar-refractivity contribution in [3.05, 3.63) is 17.7 Å². The Morgan fingerprint density at radius 3 is 1.69 bits per heavy atom. The quantitative estimate of drug-likeness (QED) is 0.886. The van der Waals surface area contributed by atoms with E-state index in [-0.39, 0.29) is 18.4 Å². The van der Waals surface area contributed by atoms with Crippen molar-refractivity contribution in [1.82, 2.24) is 0 Å². The number of ether oxygens (including phenoxy) is 3. The van der Waals surface area contributed by atoms with E-state index >= 15 is 0 Å². The molecule has 92 valence electrons. The number of halogens is 1. The van der Waals surface area contributed by atoms with E-state index in [1.165, 1.54) is 0 Å². The largest absolute Gasteiger partial charge is 0.493 e. The van der Waals surface area contributed by atoms with Gasteiger partial charge in [-0.3, -0.25) is 0 Å². The zero-order valence-corrected chi connectivity index (χ0v) is 10.8. The third-order valence-corrected chi connectivity index (χ3v) is 2.21. The molecule has 16 heavy (non-hydrogen) atoms. The van der Waals surface area contributed by atoms with Gasteiger partial charge in [0.25, 0.3) is 0 Å². The zero-order chi connectivity index (χ0) is 11.4. The monoisotopic (exact) mass is 247 g/mol. The second-order valence-corrected chi connectivity index (χ2v) is 3.25. The van der Waals surface area contributed by atoms with Crippen LogP contribution >= 0.6 is 12.4 Å². The Hall–Kier alpha value is -1.13. The normalized spacial score (nSPS) is 11.3. The number of nitrogens with two attached hydrogens (primary N) is 1. The fourth-order valence-electron chi connectivity index (χ4n) is 1.36. The summed E-state index contributed by atoms with van der Waals surface area (Å²) >= 11 is 0. The van der Waals surface area contributed by atoms with Gasteiger partial charge in [-0.15, -0.1) is 12.4 Å². The number of benzene rings is 1. The molecule has 0 bridgehead atoms. The summed E-state index contributed by atoms with van der Waals surface area (Å²) in [5.74, 6) is 1.85. The van der Waals surface area contributed by atoms with E-state index in [1.807, 2.05) is 19.1 Å². The zero-order valence-electron chi connectivity index (χ0n) is 9.94. The first-order chi connectivity index (χ1) is 7.13. The van der Waals surface area contributed by atoms with Gasteiger partial charge in [0.2, 0.25) is 5.75 Å². The maximum absolute atomic E-state index is 5.80. The highest BCUT2D eigenvalue weighted by atomic mass is 35.5. The highest BCUT2D eigenvalue weighted by Crippen LogP contribution is 2.39. The molecular formula is C11H18ClNO3. The van der Waals surface area contributed by atoms with Crippen LogP contribution in [0.4, 0.5) is 0 Å². The summed E-state index contributed by atoms with van der Waals surface area (Å²) in [5, 5.41) is 0. The van der Waals surface area contributed by atoms with Crippen LogP contribution in [0.15, 0.2) is 12.1 Å². The molecule has 0 heterocycles. The van der Waals surface area contributed by atoms with E-state index in [9.17, 15) is 0 Å². The van der Waals surface area contributed by atoms with Crippen molar-refractivity contribution in [2.24, 2.45) is 5.73 Å². The Balaban J connectivity index is 0.00000225. The third-order valence-electron chi connectivity index (χ3n) is 2.21. The molecule has 0 radical (unpaired) electrons. The van der Waals surface area contributed by atoms with Crippen molar-refractivity contribution < 1.29 is 14.2 Å². The van der Waals surface area contributed by atoms with Crippen LogP contribution in [0.25, 0.3) is 0 Å². The Labute approximate surface area is 102 Å². The first kappa shape index (κ1) is 14.9. The van der Waals surface area contributed by atoms with E-state index in [4.69, 9.17) is 19.9 Å². The average molecular weight is 248 g/mol. The Morgan fingerprint density at radius 1 is 1.00 bits per heavy atom. The number of methoxy groups -OCH3 is 3. The smallest absolute Gasteiger partial charge is 0.203 e. The Bertz CT molecular complexity index is 317. The van der Waals surface area contributed by atoms with Crippen LogP contribution in [0.2, 0.25) is 0 Å². The van der Waals surface area contributed by atoms with Crippen molar-refractivity contribution in [2.75, 3.05) is 21.3 Å². The fraction of sp³-hybridized carbons (Fsp3) is 0.455. The molecule has 0 saturated carbocycles. The van der Waals surface area contributed by atoms with Gasteiger partial charge in [0.15, 0.2) is 11.5 Å². The molecule has 0 aliphatic rings. The molecule has 0 aromatic heterocycles. The first-order valence-electron chi connectivity index (χ1n) is 4.69. The van der Waals surface area contributed by atoms with Crippen LogP contribution in [0.1, 0.15) is 18.5 Å². The molecule has 0 amide bonds. The lowest BCUT2D eigenvalue weighted by atomic mass is 10.1. The number of hydrogen-bond acceptors (Lipinski definition) is 4. The molecule has 1 rings (SSSR count). The molecule has 0 saturated heterocycles. The second-order valence-electron chi connectivity index (χ2n) is 3.25. The standard InChI is InChI=1S/C11H17NO3.ClH/c1-7(12)8-5-9(13-2)11(15-4)10(6-8)14-3;/h5-7H,12H2,1-4H3;1H/t7-;/m0./s1. The van der Waals surface area contributed by atoms with Crippen LogP contribution in [-0.2, 0) is 0 Å². The summed E-state index contributed by atoms with van der Waals surface area (Å²) in [6.07, 6.45) is 0. The fourth-order valence-corrected chi connectivity index (χ4v) is 1.36. The number of hydrogen-bond donors (Lipinski definition) is 1. The molecule has 1 aromatic carbocycles. The van der Waals surface area contributed by atoms with E-state index in [2.05, 4.69) is 0 Å². The van der Waals surface area contributed by atoms with Crippen LogP contribution in [0.5, 0.6) is 17.2 Å². The summed E-state index contributed by atoms with van der Waals surface area (Å²) in [6.45, 7) is 1.90. The minimum atomic E-state index is -0.0706. The average Bonchev–Trinajstić information content (AvgIpc) is 2.26. The minimum Gasteiger partial charge on any atom is -0.493 e. The molecule has 2 N–H and O–H groups in total. The van der Waals surface area contributed by atoms with Crippen LogP contribution in [-0.4, -0.2) is 21.3 Å². The molecule has 4 nitrogen and oxygen atoms in total.